The van der Waals surface area contributed by atoms with Gasteiger partial charge in [-0.15, -0.1) is 0 Å². The van der Waals surface area contributed by atoms with E-state index in [1.54, 1.807) is 36.5 Å². The predicted molar refractivity (Wildman–Crippen MR) is 87.3 cm³/mol. The number of carbonyl (C=O) groups excluding carboxylic acids is 1. The van der Waals surface area contributed by atoms with Gasteiger partial charge in [0.2, 0.25) is 0 Å². The Balaban J connectivity index is 1.80. The highest BCUT2D eigenvalue weighted by molar-refractivity contribution is 5.96. The van der Waals surface area contributed by atoms with Crippen molar-refractivity contribution in [1.29, 1.82) is 0 Å². The van der Waals surface area contributed by atoms with Gasteiger partial charge >= 0.3 is 5.97 Å². The highest BCUT2D eigenvalue weighted by Crippen LogP contribution is 2.19. The van der Waals surface area contributed by atoms with Crippen molar-refractivity contribution in [2.24, 2.45) is 0 Å². The number of amides is 1. The molecule has 116 valence electrons. The van der Waals surface area contributed by atoms with Gasteiger partial charge in [0.15, 0.2) is 0 Å². The molecular formula is C18H16N2O3. The van der Waals surface area contributed by atoms with Gasteiger partial charge in [-0.2, -0.15) is 0 Å². The Hall–Kier alpha value is -3.08. The number of rotatable bonds is 5. The second-order valence-corrected chi connectivity index (χ2v) is 5.29. The summed E-state index contributed by atoms with van der Waals surface area (Å²) < 4.78 is 0. The third kappa shape index (κ3) is 3.23. The first-order chi connectivity index (χ1) is 11.1. The molecule has 1 atom stereocenters. The summed E-state index contributed by atoms with van der Waals surface area (Å²) in [5.74, 6) is -1.45. The Morgan fingerprint density at radius 2 is 1.74 bits per heavy atom. The number of nitrogens with one attached hydrogen (secondary N) is 2. The molecule has 0 bridgehead atoms. The Labute approximate surface area is 133 Å². The summed E-state index contributed by atoms with van der Waals surface area (Å²) in [5.41, 5.74) is 2.25. The number of aromatic amines is 1. The van der Waals surface area contributed by atoms with Gasteiger partial charge in [0.1, 0.15) is 6.04 Å². The molecule has 0 unspecified atom stereocenters. The van der Waals surface area contributed by atoms with Crippen LogP contribution in [0, 0.1) is 0 Å². The molecular weight excluding hydrogens is 292 g/mol. The third-order valence-corrected chi connectivity index (χ3v) is 3.74. The van der Waals surface area contributed by atoms with E-state index in [-0.39, 0.29) is 6.42 Å². The minimum Gasteiger partial charge on any atom is -0.480 e. The lowest BCUT2D eigenvalue weighted by Crippen LogP contribution is -2.42. The molecule has 2 aromatic carbocycles. The number of H-pyrrole nitrogens is 1. The van der Waals surface area contributed by atoms with Crippen LogP contribution in [0.15, 0.2) is 60.8 Å². The zero-order chi connectivity index (χ0) is 16.2. The maximum atomic E-state index is 12.2. The smallest absolute Gasteiger partial charge is 0.326 e. The molecule has 1 amide bonds. The molecule has 0 spiro atoms. The van der Waals surface area contributed by atoms with E-state index in [4.69, 9.17) is 0 Å². The standard InChI is InChI=1S/C18H16N2O3/c21-17(12-6-2-1-3-7-12)20-16(18(22)23)10-13-11-19-15-9-5-4-8-14(13)15/h1-9,11,16,19H,10H2,(H,20,21)(H,22,23)/t16-/m1/s1. The van der Waals surface area contributed by atoms with Crippen molar-refractivity contribution in [3.63, 3.8) is 0 Å². The molecule has 0 aliphatic carbocycles. The molecule has 5 nitrogen and oxygen atoms in total. The number of carbonyl (C=O) groups is 2. The number of benzene rings is 2. The summed E-state index contributed by atoms with van der Waals surface area (Å²) >= 11 is 0. The SMILES string of the molecule is O=C(N[C@H](Cc1c[nH]c2ccccc12)C(=O)O)c1ccccc1. The van der Waals surface area contributed by atoms with Crippen LogP contribution in [0.5, 0.6) is 0 Å². The third-order valence-electron chi connectivity index (χ3n) is 3.74. The molecule has 3 N–H and O–H groups in total. The van der Waals surface area contributed by atoms with E-state index in [2.05, 4.69) is 10.3 Å². The van der Waals surface area contributed by atoms with E-state index in [9.17, 15) is 14.7 Å². The number of hydrogen-bond donors (Lipinski definition) is 3. The van der Waals surface area contributed by atoms with Crippen LogP contribution in [0.2, 0.25) is 0 Å². The van der Waals surface area contributed by atoms with Crippen molar-refractivity contribution < 1.29 is 14.7 Å². The average molecular weight is 308 g/mol. The van der Waals surface area contributed by atoms with E-state index in [1.165, 1.54) is 0 Å². The Kier molecular flexibility index (Phi) is 4.10. The largest absolute Gasteiger partial charge is 0.480 e. The fraction of sp³-hybridized carbons (Fsp3) is 0.111. The monoisotopic (exact) mass is 308 g/mol. The normalized spacial score (nSPS) is 12.0. The second kappa shape index (κ2) is 6.36. The van der Waals surface area contributed by atoms with Crippen LogP contribution in [0.25, 0.3) is 10.9 Å². The molecule has 0 saturated heterocycles. The Morgan fingerprint density at radius 3 is 2.48 bits per heavy atom. The van der Waals surface area contributed by atoms with Crippen LogP contribution in [-0.4, -0.2) is 28.0 Å². The van der Waals surface area contributed by atoms with Crippen LogP contribution < -0.4 is 5.32 Å². The quantitative estimate of drug-likeness (QED) is 0.677. The molecule has 23 heavy (non-hydrogen) atoms. The molecule has 0 saturated carbocycles. The van der Waals surface area contributed by atoms with Gasteiger partial charge in [-0.3, -0.25) is 4.79 Å². The summed E-state index contributed by atoms with van der Waals surface area (Å²) in [7, 11) is 0. The maximum absolute atomic E-state index is 12.2. The van der Waals surface area contributed by atoms with Crippen LogP contribution in [0.3, 0.4) is 0 Å². The zero-order valence-corrected chi connectivity index (χ0v) is 12.3. The first kappa shape index (κ1) is 14.8. The first-order valence-electron chi connectivity index (χ1n) is 7.29. The van der Waals surface area contributed by atoms with Crippen LogP contribution in [0.1, 0.15) is 15.9 Å². The summed E-state index contributed by atoms with van der Waals surface area (Å²) in [6, 6.07) is 15.3. The fourth-order valence-corrected chi connectivity index (χ4v) is 2.55. The highest BCUT2D eigenvalue weighted by Gasteiger charge is 2.22. The molecule has 1 aromatic heterocycles. The summed E-state index contributed by atoms with van der Waals surface area (Å²) in [5, 5.41) is 13.0. The van der Waals surface area contributed by atoms with Crippen LogP contribution >= 0.6 is 0 Å². The second-order valence-electron chi connectivity index (χ2n) is 5.29. The zero-order valence-electron chi connectivity index (χ0n) is 12.3. The number of para-hydroxylation sites is 1. The van der Waals surface area contributed by atoms with Crippen LogP contribution in [0.4, 0.5) is 0 Å². The molecule has 0 fully saturated rings. The van der Waals surface area contributed by atoms with Gasteiger partial charge in [0.05, 0.1) is 0 Å². The van der Waals surface area contributed by atoms with Crippen molar-refractivity contribution in [3.05, 3.63) is 71.9 Å². The highest BCUT2D eigenvalue weighted by atomic mass is 16.4. The van der Waals surface area contributed by atoms with Crippen molar-refractivity contribution in [2.45, 2.75) is 12.5 Å². The number of carboxylic acid groups (broad SMARTS) is 1. The van der Waals surface area contributed by atoms with Gasteiger partial charge in [0, 0.05) is 29.1 Å². The lowest BCUT2D eigenvalue weighted by Gasteiger charge is -2.14. The number of aromatic nitrogens is 1. The molecule has 1 heterocycles. The Bertz CT molecular complexity index is 840. The van der Waals surface area contributed by atoms with E-state index < -0.39 is 17.9 Å². The minimum atomic E-state index is -1.06. The maximum Gasteiger partial charge on any atom is 0.326 e. The van der Waals surface area contributed by atoms with Crippen molar-refractivity contribution >= 4 is 22.8 Å². The van der Waals surface area contributed by atoms with Crippen LogP contribution in [-0.2, 0) is 11.2 Å². The number of hydrogen-bond acceptors (Lipinski definition) is 2. The number of fused-ring (bicyclic) bond motifs is 1. The first-order valence-corrected chi connectivity index (χ1v) is 7.29. The van der Waals surface area contributed by atoms with E-state index in [1.807, 2.05) is 24.3 Å². The number of aliphatic carboxylic acids is 1. The van der Waals surface area contributed by atoms with Crippen molar-refractivity contribution in [2.75, 3.05) is 0 Å². The topological polar surface area (TPSA) is 82.2 Å². The molecule has 5 heteroatoms. The van der Waals surface area contributed by atoms with E-state index in [0.717, 1.165) is 16.5 Å². The van der Waals surface area contributed by atoms with Crippen molar-refractivity contribution in [3.8, 4) is 0 Å². The average Bonchev–Trinajstić information content (AvgIpc) is 2.98. The predicted octanol–water partition coefficient (Wildman–Crippen LogP) is 2.59. The molecule has 0 aliphatic rings. The van der Waals surface area contributed by atoms with E-state index in [0.29, 0.717) is 5.56 Å². The Morgan fingerprint density at radius 1 is 1.04 bits per heavy atom. The lowest BCUT2D eigenvalue weighted by molar-refractivity contribution is -0.139. The summed E-state index contributed by atoms with van der Waals surface area (Å²) in [6.07, 6.45) is 2.01. The molecule has 0 radical (unpaired) electrons. The molecule has 3 rings (SSSR count). The minimum absolute atomic E-state index is 0.220. The summed E-state index contributed by atoms with van der Waals surface area (Å²) in [6.45, 7) is 0. The van der Waals surface area contributed by atoms with Crippen molar-refractivity contribution in [1.82, 2.24) is 10.3 Å². The van der Waals surface area contributed by atoms with Gasteiger partial charge < -0.3 is 15.4 Å². The molecule has 0 aliphatic heterocycles. The summed E-state index contributed by atoms with van der Waals surface area (Å²) in [4.78, 5) is 26.8. The van der Waals surface area contributed by atoms with Gasteiger partial charge in [-0.05, 0) is 23.8 Å². The fourth-order valence-electron chi connectivity index (χ4n) is 2.55. The molecule has 3 aromatic rings. The van der Waals surface area contributed by atoms with Gasteiger partial charge in [-0.25, -0.2) is 4.79 Å². The lowest BCUT2D eigenvalue weighted by atomic mass is 10.0. The van der Waals surface area contributed by atoms with E-state index >= 15 is 0 Å². The number of carboxylic acids is 1. The van der Waals surface area contributed by atoms with Gasteiger partial charge in [0.25, 0.3) is 5.91 Å². The van der Waals surface area contributed by atoms with Gasteiger partial charge in [-0.1, -0.05) is 36.4 Å².